The van der Waals surface area contributed by atoms with Crippen molar-refractivity contribution in [3.05, 3.63) is 29.6 Å². The smallest absolute Gasteiger partial charge is 0.231 e. The second-order valence-electron chi connectivity index (χ2n) is 3.52. The number of rotatable bonds is 3. The van der Waals surface area contributed by atoms with Crippen LogP contribution in [0.1, 0.15) is 0 Å². The number of anilines is 2. The Morgan fingerprint density at radius 3 is 3.00 bits per heavy atom. The van der Waals surface area contributed by atoms with Gasteiger partial charge in [0.2, 0.25) is 6.79 Å². The van der Waals surface area contributed by atoms with Gasteiger partial charge < -0.3 is 14.8 Å². The van der Waals surface area contributed by atoms with Crippen molar-refractivity contribution in [3.8, 4) is 11.5 Å². The first-order valence-corrected chi connectivity index (χ1v) is 7.25. The number of hydrogen-bond donors (Lipinski definition) is 1. The Morgan fingerprint density at radius 2 is 2.12 bits per heavy atom. The molecule has 1 N–H and O–H groups in total. The summed E-state index contributed by atoms with van der Waals surface area (Å²) in [7, 11) is 0. The van der Waals surface area contributed by atoms with Crippen LogP contribution in [0.25, 0.3) is 0 Å². The van der Waals surface area contributed by atoms with Gasteiger partial charge in [-0.15, -0.1) is 23.1 Å². The van der Waals surface area contributed by atoms with Gasteiger partial charge in [0.1, 0.15) is 0 Å². The van der Waals surface area contributed by atoms with Crippen LogP contribution in [-0.4, -0.2) is 13.0 Å². The molecule has 0 saturated carbocycles. The Kier molecular flexibility index (Phi) is 2.86. The number of thiophene rings is 1. The maximum Gasteiger partial charge on any atom is 0.231 e. The van der Waals surface area contributed by atoms with Crippen molar-refractivity contribution in [2.24, 2.45) is 0 Å². The lowest BCUT2D eigenvalue weighted by atomic mass is 10.2. The third-order valence-corrected chi connectivity index (χ3v) is 4.55. The summed E-state index contributed by atoms with van der Waals surface area (Å²) in [6.45, 7) is 0.313. The fraction of sp³-hybridized carbons (Fsp3) is 0.167. The van der Waals surface area contributed by atoms with Gasteiger partial charge >= 0.3 is 0 Å². The van der Waals surface area contributed by atoms with Crippen molar-refractivity contribution < 1.29 is 9.47 Å². The van der Waals surface area contributed by atoms with Gasteiger partial charge in [0.25, 0.3) is 0 Å². The Hall–Kier alpha value is -1.33. The van der Waals surface area contributed by atoms with Crippen molar-refractivity contribution in [2.75, 3.05) is 18.4 Å². The first-order valence-electron chi connectivity index (χ1n) is 5.15. The average molecular weight is 265 g/mol. The van der Waals surface area contributed by atoms with E-state index in [4.69, 9.17) is 9.47 Å². The number of nitrogens with one attached hydrogen (secondary N) is 1. The van der Waals surface area contributed by atoms with Gasteiger partial charge in [0, 0.05) is 11.8 Å². The summed E-state index contributed by atoms with van der Waals surface area (Å²) >= 11 is 3.49. The van der Waals surface area contributed by atoms with Crippen LogP contribution in [0.5, 0.6) is 11.5 Å². The predicted octanol–water partition coefficient (Wildman–Crippen LogP) is 3.94. The number of benzene rings is 1. The summed E-state index contributed by atoms with van der Waals surface area (Å²) < 4.78 is 11.9. The van der Waals surface area contributed by atoms with Gasteiger partial charge in [0.05, 0.1) is 9.90 Å². The number of thioether (sulfide) groups is 1. The molecule has 88 valence electrons. The lowest BCUT2D eigenvalue weighted by Crippen LogP contribution is -1.93. The summed E-state index contributed by atoms with van der Waals surface area (Å²) in [6, 6.07) is 7.97. The van der Waals surface area contributed by atoms with E-state index in [9.17, 15) is 0 Å². The monoisotopic (exact) mass is 265 g/mol. The third kappa shape index (κ3) is 2.08. The molecule has 1 aromatic carbocycles. The molecular weight excluding hydrogens is 254 g/mol. The molecule has 5 heteroatoms. The Labute approximate surface area is 108 Å². The topological polar surface area (TPSA) is 30.5 Å². The first-order chi connectivity index (χ1) is 8.36. The quantitative estimate of drug-likeness (QED) is 0.851. The molecule has 0 amide bonds. The highest BCUT2D eigenvalue weighted by atomic mass is 32.2. The molecule has 0 spiro atoms. The molecule has 0 unspecified atom stereocenters. The molecular formula is C12H11NO2S2. The van der Waals surface area contributed by atoms with Crippen molar-refractivity contribution in [2.45, 2.75) is 4.21 Å². The number of hydrogen-bond acceptors (Lipinski definition) is 5. The number of ether oxygens (including phenoxy) is 2. The standard InChI is InChI=1S/C12H11NO2S2/c1-16-12-9(4-5-17-12)13-8-2-3-10-11(6-8)15-7-14-10/h2-6,13H,7H2,1H3. The molecule has 1 aliphatic rings. The molecule has 0 radical (unpaired) electrons. The van der Waals surface area contributed by atoms with Crippen molar-refractivity contribution >= 4 is 34.5 Å². The highest BCUT2D eigenvalue weighted by molar-refractivity contribution is 8.00. The molecule has 0 saturated heterocycles. The summed E-state index contributed by atoms with van der Waals surface area (Å²) in [5, 5.41) is 5.47. The van der Waals surface area contributed by atoms with E-state index >= 15 is 0 Å². The molecule has 1 aromatic heterocycles. The minimum atomic E-state index is 0.313. The van der Waals surface area contributed by atoms with Gasteiger partial charge in [-0.05, 0) is 29.8 Å². The summed E-state index contributed by atoms with van der Waals surface area (Å²) in [5.74, 6) is 1.61. The molecule has 0 fully saturated rings. The molecule has 1 aliphatic heterocycles. The minimum Gasteiger partial charge on any atom is -0.454 e. The van der Waals surface area contributed by atoms with Crippen LogP contribution in [0.15, 0.2) is 33.9 Å². The summed E-state index contributed by atoms with van der Waals surface area (Å²) in [6.07, 6.45) is 2.08. The lowest BCUT2D eigenvalue weighted by Gasteiger charge is -2.07. The maximum absolute atomic E-state index is 5.35. The van der Waals surface area contributed by atoms with Gasteiger partial charge in [0.15, 0.2) is 11.5 Å². The van der Waals surface area contributed by atoms with Crippen LogP contribution in [-0.2, 0) is 0 Å². The van der Waals surface area contributed by atoms with E-state index in [1.807, 2.05) is 18.2 Å². The van der Waals surface area contributed by atoms with Crippen LogP contribution in [0, 0.1) is 0 Å². The zero-order chi connectivity index (χ0) is 11.7. The van der Waals surface area contributed by atoms with Gasteiger partial charge in [-0.2, -0.15) is 0 Å². The summed E-state index contributed by atoms with van der Waals surface area (Å²) in [4.78, 5) is 0. The first kappa shape index (κ1) is 10.8. The molecule has 2 aromatic rings. The van der Waals surface area contributed by atoms with Crippen LogP contribution < -0.4 is 14.8 Å². The minimum absolute atomic E-state index is 0.313. The molecule has 3 nitrogen and oxygen atoms in total. The maximum atomic E-state index is 5.35. The van der Waals surface area contributed by atoms with Gasteiger partial charge in [-0.25, -0.2) is 0 Å². The van der Waals surface area contributed by atoms with Crippen molar-refractivity contribution in [1.29, 1.82) is 0 Å². The van der Waals surface area contributed by atoms with Crippen LogP contribution >= 0.6 is 23.1 Å². The van der Waals surface area contributed by atoms with Crippen LogP contribution in [0.3, 0.4) is 0 Å². The van der Waals surface area contributed by atoms with E-state index in [-0.39, 0.29) is 0 Å². The second-order valence-corrected chi connectivity index (χ2v) is 5.51. The molecule has 0 bridgehead atoms. The Morgan fingerprint density at radius 1 is 1.24 bits per heavy atom. The highest BCUT2D eigenvalue weighted by Crippen LogP contribution is 2.37. The molecule has 0 atom stereocenters. The highest BCUT2D eigenvalue weighted by Gasteiger charge is 2.13. The lowest BCUT2D eigenvalue weighted by molar-refractivity contribution is 0.174. The largest absolute Gasteiger partial charge is 0.454 e. The normalized spacial score (nSPS) is 12.8. The fourth-order valence-corrected chi connectivity index (χ4v) is 3.14. The molecule has 2 heterocycles. The molecule has 0 aliphatic carbocycles. The van der Waals surface area contributed by atoms with Crippen molar-refractivity contribution in [3.63, 3.8) is 0 Å². The summed E-state index contributed by atoms with van der Waals surface area (Å²) in [5.41, 5.74) is 2.16. The van der Waals surface area contributed by atoms with E-state index in [0.717, 1.165) is 22.9 Å². The SMILES string of the molecule is CSc1sccc1Nc1ccc2c(c1)OCO2. The third-order valence-electron chi connectivity index (χ3n) is 2.47. The molecule has 17 heavy (non-hydrogen) atoms. The number of fused-ring (bicyclic) bond motifs is 1. The zero-order valence-electron chi connectivity index (χ0n) is 9.23. The predicted molar refractivity (Wildman–Crippen MR) is 71.9 cm³/mol. The van der Waals surface area contributed by atoms with E-state index < -0.39 is 0 Å². The van der Waals surface area contributed by atoms with E-state index in [0.29, 0.717) is 6.79 Å². The van der Waals surface area contributed by atoms with Gasteiger partial charge in [-0.3, -0.25) is 0 Å². The average Bonchev–Trinajstić information content (AvgIpc) is 2.96. The van der Waals surface area contributed by atoms with Gasteiger partial charge in [-0.1, -0.05) is 0 Å². The van der Waals surface area contributed by atoms with Crippen molar-refractivity contribution in [1.82, 2.24) is 0 Å². The second kappa shape index (κ2) is 4.50. The fourth-order valence-electron chi connectivity index (χ4n) is 1.68. The van der Waals surface area contributed by atoms with E-state index in [1.165, 1.54) is 4.21 Å². The van der Waals surface area contributed by atoms with Crippen LogP contribution in [0.2, 0.25) is 0 Å². The molecule has 3 rings (SSSR count). The Balaban J connectivity index is 1.86. The Bertz CT molecular complexity index is 539. The van der Waals surface area contributed by atoms with E-state index in [1.54, 1.807) is 23.1 Å². The zero-order valence-corrected chi connectivity index (χ0v) is 10.9. The van der Waals surface area contributed by atoms with E-state index in [2.05, 4.69) is 23.0 Å². The van der Waals surface area contributed by atoms with Crippen LogP contribution in [0.4, 0.5) is 11.4 Å².